The van der Waals surface area contributed by atoms with E-state index >= 15 is 0 Å². The molecule has 1 aromatic rings. The quantitative estimate of drug-likeness (QED) is 0.466. The van der Waals surface area contributed by atoms with Crippen molar-refractivity contribution in [1.82, 2.24) is 0 Å². The Kier molecular flexibility index (Phi) is 8.00. The molecule has 1 atom stereocenters. The van der Waals surface area contributed by atoms with Crippen molar-refractivity contribution < 1.29 is 14.3 Å². The highest BCUT2D eigenvalue weighted by Crippen LogP contribution is 2.36. The molecule has 3 nitrogen and oxygen atoms in total. The highest BCUT2D eigenvalue weighted by Gasteiger charge is 2.37. The van der Waals surface area contributed by atoms with Gasteiger partial charge in [0.25, 0.3) is 0 Å². The maximum absolute atomic E-state index is 9.97. The zero-order chi connectivity index (χ0) is 17.3. The summed E-state index contributed by atoms with van der Waals surface area (Å²) in [6.45, 7) is 12.2. The molecule has 0 radical (unpaired) electrons. The average Bonchev–Trinajstić information content (AvgIpc) is 2.48. The van der Waals surface area contributed by atoms with Gasteiger partial charge in [-0.25, -0.2) is 0 Å². The third kappa shape index (κ3) is 7.80. The van der Waals surface area contributed by atoms with E-state index in [1.165, 1.54) is 0 Å². The summed E-state index contributed by atoms with van der Waals surface area (Å²) in [5.41, 5.74) is 1.14. The minimum absolute atomic E-state index is 0.156. The van der Waals surface area contributed by atoms with E-state index < -0.39 is 14.4 Å². The van der Waals surface area contributed by atoms with Crippen LogP contribution in [0, 0.1) is 11.8 Å². The lowest BCUT2D eigenvalue weighted by Gasteiger charge is -2.36. The van der Waals surface area contributed by atoms with Gasteiger partial charge in [0.15, 0.2) is 8.32 Å². The molecule has 0 spiro atoms. The number of benzene rings is 1. The first kappa shape index (κ1) is 19.9. The first-order valence-electron chi connectivity index (χ1n) is 8.12. The predicted molar refractivity (Wildman–Crippen MR) is 97.6 cm³/mol. The zero-order valence-electron chi connectivity index (χ0n) is 15.1. The second kappa shape index (κ2) is 9.24. The van der Waals surface area contributed by atoms with Crippen molar-refractivity contribution in [2.45, 2.75) is 58.0 Å². The molecule has 0 bridgehead atoms. The van der Waals surface area contributed by atoms with Gasteiger partial charge in [-0.1, -0.05) is 62.9 Å². The van der Waals surface area contributed by atoms with E-state index in [1.807, 2.05) is 30.3 Å². The van der Waals surface area contributed by atoms with E-state index in [9.17, 15) is 5.11 Å². The van der Waals surface area contributed by atoms with Crippen molar-refractivity contribution in [3.05, 3.63) is 35.9 Å². The summed E-state index contributed by atoms with van der Waals surface area (Å²) < 4.78 is 11.5. The summed E-state index contributed by atoms with van der Waals surface area (Å²) in [6.07, 6.45) is -0.116. The monoisotopic (exact) mass is 334 g/mol. The van der Waals surface area contributed by atoms with Crippen LogP contribution in [0.3, 0.4) is 0 Å². The van der Waals surface area contributed by atoms with Crippen LogP contribution in [0.25, 0.3) is 0 Å². The van der Waals surface area contributed by atoms with Crippen molar-refractivity contribution in [2.75, 3.05) is 13.2 Å². The molecule has 1 N–H and O–H groups in total. The zero-order valence-corrected chi connectivity index (χ0v) is 16.1. The molecule has 0 aliphatic rings. The first-order chi connectivity index (χ1) is 10.7. The van der Waals surface area contributed by atoms with Gasteiger partial charge in [0.1, 0.15) is 6.61 Å². The number of aliphatic hydroxyl groups excluding tert-OH is 1. The van der Waals surface area contributed by atoms with Crippen LogP contribution in [0.1, 0.15) is 32.8 Å². The van der Waals surface area contributed by atoms with Gasteiger partial charge in [-0.15, -0.1) is 0 Å². The van der Waals surface area contributed by atoms with Crippen molar-refractivity contribution >= 4 is 8.32 Å². The fourth-order valence-electron chi connectivity index (χ4n) is 1.62. The lowest BCUT2D eigenvalue weighted by molar-refractivity contribution is 0.104. The fraction of sp³-hybridized carbons (Fsp3) is 0.579. The number of ether oxygens (including phenoxy) is 1. The second-order valence-electron chi connectivity index (χ2n) is 7.26. The Hall–Kier alpha value is -1.12. The maximum Gasteiger partial charge on any atom is 0.192 e. The summed E-state index contributed by atoms with van der Waals surface area (Å²) >= 11 is 0. The van der Waals surface area contributed by atoms with Crippen LogP contribution in [-0.4, -0.2) is 32.7 Å². The lowest BCUT2D eigenvalue weighted by atomic mass is 10.2. The number of hydrogen-bond acceptors (Lipinski definition) is 3. The minimum Gasteiger partial charge on any atom is -0.414 e. The normalized spacial score (nSPS) is 13.3. The minimum atomic E-state index is -1.80. The molecule has 0 heterocycles. The van der Waals surface area contributed by atoms with Crippen LogP contribution in [0.4, 0.5) is 0 Å². The van der Waals surface area contributed by atoms with Crippen molar-refractivity contribution in [1.29, 1.82) is 0 Å². The maximum atomic E-state index is 9.97. The van der Waals surface area contributed by atoms with E-state index in [4.69, 9.17) is 9.16 Å². The lowest BCUT2D eigenvalue weighted by Crippen LogP contribution is -2.42. The van der Waals surface area contributed by atoms with E-state index in [1.54, 1.807) is 0 Å². The van der Waals surface area contributed by atoms with Gasteiger partial charge in [-0.2, -0.15) is 0 Å². The van der Waals surface area contributed by atoms with Gasteiger partial charge in [-0.05, 0) is 23.7 Å². The molecule has 0 aliphatic heterocycles. The number of aliphatic hydroxyl groups is 1. The molecule has 0 aliphatic carbocycles. The van der Waals surface area contributed by atoms with Crippen LogP contribution in [0.2, 0.25) is 18.1 Å². The average molecular weight is 335 g/mol. The van der Waals surface area contributed by atoms with Gasteiger partial charge >= 0.3 is 0 Å². The Morgan fingerprint density at radius 1 is 1.13 bits per heavy atom. The third-order valence-corrected chi connectivity index (χ3v) is 8.69. The van der Waals surface area contributed by atoms with Gasteiger partial charge in [0.05, 0.1) is 19.3 Å². The van der Waals surface area contributed by atoms with E-state index in [2.05, 4.69) is 45.7 Å². The summed E-state index contributed by atoms with van der Waals surface area (Å²) in [5, 5.41) is 10.1. The number of rotatable bonds is 7. The fourth-order valence-corrected chi connectivity index (χ4v) is 2.66. The standard InChI is InChI=1S/C19H30O3Si/c1-19(2,3)23(4,5)22-16-18(20)13-9-10-14-21-15-17-11-7-6-8-12-17/h6-8,11-12,18,20H,13-16H2,1-5H3. The largest absolute Gasteiger partial charge is 0.414 e. The molecule has 4 heteroatoms. The second-order valence-corrected chi connectivity index (χ2v) is 12.1. The van der Waals surface area contributed by atoms with Crippen LogP contribution < -0.4 is 0 Å². The van der Waals surface area contributed by atoms with E-state index in [0.717, 1.165) is 5.56 Å². The molecule has 0 saturated carbocycles. The molecule has 1 rings (SSSR count). The van der Waals surface area contributed by atoms with Gasteiger partial charge < -0.3 is 14.3 Å². The van der Waals surface area contributed by atoms with Crippen LogP contribution in [0.5, 0.6) is 0 Å². The van der Waals surface area contributed by atoms with Crippen molar-refractivity contribution in [2.24, 2.45) is 0 Å². The highest BCUT2D eigenvalue weighted by atomic mass is 28.4. The molecule has 0 amide bonds. The summed E-state index contributed by atoms with van der Waals surface area (Å²) in [7, 11) is -1.80. The predicted octanol–water partition coefficient (Wildman–Crippen LogP) is 3.98. The molecule has 23 heavy (non-hydrogen) atoms. The number of hydrogen-bond donors (Lipinski definition) is 1. The molecular formula is C19H30O3Si. The summed E-state index contributed by atoms with van der Waals surface area (Å²) in [6, 6.07) is 10.0. The Labute approximate surface area is 142 Å². The summed E-state index contributed by atoms with van der Waals surface area (Å²) in [5.74, 6) is 5.89. The summed E-state index contributed by atoms with van der Waals surface area (Å²) in [4.78, 5) is 0. The highest BCUT2D eigenvalue weighted by molar-refractivity contribution is 6.74. The molecular weight excluding hydrogens is 304 g/mol. The van der Waals surface area contributed by atoms with Gasteiger partial charge in [0, 0.05) is 6.42 Å². The molecule has 0 aromatic heterocycles. The van der Waals surface area contributed by atoms with E-state index in [-0.39, 0.29) is 5.04 Å². The van der Waals surface area contributed by atoms with Crippen LogP contribution in [-0.2, 0) is 15.8 Å². The molecule has 0 saturated heterocycles. The Morgan fingerprint density at radius 3 is 2.39 bits per heavy atom. The van der Waals surface area contributed by atoms with Crippen molar-refractivity contribution in [3.63, 3.8) is 0 Å². The smallest absolute Gasteiger partial charge is 0.192 e. The first-order valence-corrected chi connectivity index (χ1v) is 11.0. The molecule has 0 fully saturated rings. The Morgan fingerprint density at radius 2 is 1.78 bits per heavy atom. The topological polar surface area (TPSA) is 38.7 Å². The van der Waals surface area contributed by atoms with Gasteiger partial charge in [0.2, 0.25) is 0 Å². The molecule has 1 unspecified atom stereocenters. The third-order valence-electron chi connectivity index (χ3n) is 4.19. The Bertz CT molecular complexity index is 509. The van der Waals surface area contributed by atoms with E-state index in [0.29, 0.717) is 26.2 Å². The van der Waals surface area contributed by atoms with Crippen molar-refractivity contribution in [3.8, 4) is 11.8 Å². The van der Waals surface area contributed by atoms with Gasteiger partial charge in [-0.3, -0.25) is 0 Å². The SMILES string of the molecule is CC(C)(C)[Si](C)(C)OCC(O)CC#CCOCc1ccccc1. The Balaban J connectivity index is 2.20. The molecule has 1 aromatic carbocycles. The van der Waals surface area contributed by atoms with Crippen LogP contribution in [0.15, 0.2) is 30.3 Å². The van der Waals surface area contributed by atoms with Crippen LogP contribution >= 0.6 is 0 Å². The molecule has 128 valence electrons.